The van der Waals surface area contributed by atoms with Gasteiger partial charge in [-0.15, -0.1) is 0 Å². The molecule has 0 bridgehead atoms. The van der Waals surface area contributed by atoms with Crippen molar-refractivity contribution in [2.45, 2.75) is 34.1 Å². The van der Waals surface area contributed by atoms with Crippen molar-refractivity contribution in [1.29, 1.82) is 0 Å². The van der Waals surface area contributed by atoms with E-state index in [-0.39, 0.29) is 0 Å². The van der Waals surface area contributed by atoms with Gasteiger partial charge in [0.25, 0.3) is 0 Å². The topological polar surface area (TPSA) is 0 Å². The molecular formula is C10H18. The molecule has 0 aromatic carbocycles. The zero-order chi connectivity index (χ0) is 8.15. The summed E-state index contributed by atoms with van der Waals surface area (Å²) in [5.41, 5.74) is 2.73. The number of rotatable bonds is 3. The first-order chi connectivity index (χ1) is 4.57. The summed E-state index contributed by atoms with van der Waals surface area (Å²) in [5.74, 6) is 0.635. The van der Waals surface area contributed by atoms with Crippen molar-refractivity contribution < 1.29 is 0 Å². The predicted molar refractivity (Wildman–Crippen MR) is 48.0 cm³/mol. The lowest BCUT2D eigenvalue weighted by molar-refractivity contribution is 0.674. The van der Waals surface area contributed by atoms with Gasteiger partial charge in [-0.3, -0.25) is 0 Å². The van der Waals surface area contributed by atoms with Gasteiger partial charge in [0.15, 0.2) is 0 Å². The van der Waals surface area contributed by atoms with Crippen LogP contribution in [0.1, 0.15) is 34.1 Å². The Kier molecular flexibility index (Phi) is 4.10. The molecule has 0 N–H and O–H groups in total. The summed E-state index contributed by atoms with van der Waals surface area (Å²) in [5, 5.41) is 0. The highest BCUT2D eigenvalue weighted by molar-refractivity contribution is 5.04. The molecule has 0 aliphatic rings. The summed E-state index contributed by atoms with van der Waals surface area (Å²) in [7, 11) is 0. The summed E-state index contributed by atoms with van der Waals surface area (Å²) in [4.78, 5) is 0. The molecule has 0 aliphatic heterocycles. The van der Waals surface area contributed by atoms with Crippen molar-refractivity contribution in [3.63, 3.8) is 0 Å². The first kappa shape index (κ1) is 9.48. The molecule has 0 fully saturated rings. The zero-order valence-corrected chi connectivity index (χ0v) is 7.57. The molecule has 0 radical (unpaired) electrons. The van der Waals surface area contributed by atoms with E-state index in [0.29, 0.717) is 5.92 Å². The largest absolute Gasteiger partial charge is 0.0999 e. The van der Waals surface area contributed by atoms with E-state index in [1.807, 2.05) is 0 Å². The van der Waals surface area contributed by atoms with Crippen LogP contribution in [0.4, 0.5) is 0 Å². The molecule has 0 aromatic heterocycles. The minimum absolute atomic E-state index is 0.635. The fraction of sp³-hybridized carbons (Fsp3) is 0.600. The molecule has 0 saturated heterocycles. The Balaban J connectivity index is 3.80. The summed E-state index contributed by atoms with van der Waals surface area (Å²) in [6.45, 7) is 12.5. The van der Waals surface area contributed by atoms with Gasteiger partial charge in [-0.1, -0.05) is 30.7 Å². The van der Waals surface area contributed by atoms with Gasteiger partial charge in [0, 0.05) is 0 Å². The standard InChI is InChI=1S/C10H18/c1-6-9(4)7-10(5)8(2)3/h6,10H,2,7H2,1,3-5H3/b9-6-. The zero-order valence-electron chi connectivity index (χ0n) is 7.57. The van der Waals surface area contributed by atoms with Crippen LogP contribution in [0, 0.1) is 5.92 Å². The fourth-order valence-corrected chi connectivity index (χ4v) is 0.775. The van der Waals surface area contributed by atoms with Gasteiger partial charge in [-0.25, -0.2) is 0 Å². The highest BCUT2D eigenvalue weighted by Crippen LogP contribution is 2.16. The molecular weight excluding hydrogens is 120 g/mol. The molecule has 0 aliphatic carbocycles. The third-order valence-electron chi connectivity index (χ3n) is 1.96. The summed E-state index contributed by atoms with van der Waals surface area (Å²) >= 11 is 0. The third kappa shape index (κ3) is 3.49. The molecule has 0 rings (SSSR count). The van der Waals surface area contributed by atoms with Crippen LogP contribution in [0.2, 0.25) is 0 Å². The first-order valence-corrected chi connectivity index (χ1v) is 3.85. The summed E-state index contributed by atoms with van der Waals surface area (Å²) in [6, 6.07) is 0. The molecule has 0 saturated carbocycles. The van der Waals surface area contributed by atoms with Gasteiger partial charge in [-0.2, -0.15) is 0 Å². The Hall–Kier alpha value is -0.520. The van der Waals surface area contributed by atoms with E-state index in [0.717, 1.165) is 6.42 Å². The minimum Gasteiger partial charge on any atom is -0.0999 e. The molecule has 0 heteroatoms. The average molecular weight is 138 g/mol. The lowest BCUT2D eigenvalue weighted by Gasteiger charge is -2.10. The van der Waals surface area contributed by atoms with E-state index >= 15 is 0 Å². The van der Waals surface area contributed by atoms with E-state index in [2.05, 4.69) is 40.3 Å². The highest BCUT2D eigenvalue weighted by Gasteiger charge is 2.01. The van der Waals surface area contributed by atoms with Gasteiger partial charge in [-0.05, 0) is 33.1 Å². The molecule has 10 heavy (non-hydrogen) atoms. The van der Waals surface area contributed by atoms with Gasteiger partial charge in [0.1, 0.15) is 0 Å². The van der Waals surface area contributed by atoms with Crippen molar-refractivity contribution >= 4 is 0 Å². The van der Waals surface area contributed by atoms with Crippen LogP contribution in [0.3, 0.4) is 0 Å². The quantitative estimate of drug-likeness (QED) is 0.523. The highest BCUT2D eigenvalue weighted by atomic mass is 14.1. The maximum absolute atomic E-state index is 3.92. The predicted octanol–water partition coefficient (Wildman–Crippen LogP) is 3.55. The average Bonchev–Trinajstić information content (AvgIpc) is 1.87. The minimum atomic E-state index is 0.635. The maximum atomic E-state index is 3.92. The van der Waals surface area contributed by atoms with Crippen molar-refractivity contribution in [1.82, 2.24) is 0 Å². The first-order valence-electron chi connectivity index (χ1n) is 3.85. The Morgan fingerprint density at radius 2 is 2.00 bits per heavy atom. The second-order valence-electron chi connectivity index (χ2n) is 3.09. The van der Waals surface area contributed by atoms with Crippen LogP contribution in [-0.2, 0) is 0 Å². The monoisotopic (exact) mass is 138 g/mol. The van der Waals surface area contributed by atoms with Crippen molar-refractivity contribution in [3.05, 3.63) is 23.8 Å². The smallest absolute Gasteiger partial charge is 0.0200 e. The van der Waals surface area contributed by atoms with Gasteiger partial charge < -0.3 is 0 Å². The van der Waals surface area contributed by atoms with Gasteiger partial charge in [0.05, 0.1) is 0 Å². The molecule has 0 spiro atoms. The number of hydrogen-bond acceptors (Lipinski definition) is 0. The SMILES string of the molecule is C=C(C)C(C)C/C(C)=C\C. The van der Waals surface area contributed by atoms with E-state index in [1.54, 1.807) is 0 Å². The lowest BCUT2D eigenvalue weighted by Crippen LogP contribution is -1.95. The Morgan fingerprint density at radius 3 is 2.30 bits per heavy atom. The maximum Gasteiger partial charge on any atom is -0.0200 e. The van der Waals surface area contributed by atoms with Gasteiger partial charge in [0.2, 0.25) is 0 Å². The fourth-order valence-electron chi connectivity index (χ4n) is 0.775. The van der Waals surface area contributed by atoms with E-state index in [9.17, 15) is 0 Å². The second-order valence-corrected chi connectivity index (χ2v) is 3.09. The molecule has 1 unspecified atom stereocenters. The molecule has 0 aromatic rings. The van der Waals surface area contributed by atoms with Crippen molar-refractivity contribution in [2.24, 2.45) is 5.92 Å². The molecule has 0 amide bonds. The van der Waals surface area contributed by atoms with Crippen LogP contribution >= 0.6 is 0 Å². The van der Waals surface area contributed by atoms with Crippen molar-refractivity contribution in [2.75, 3.05) is 0 Å². The third-order valence-corrected chi connectivity index (χ3v) is 1.96. The summed E-state index contributed by atoms with van der Waals surface area (Å²) < 4.78 is 0. The second kappa shape index (κ2) is 4.32. The van der Waals surface area contributed by atoms with Crippen LogP contribution < -0.4 is 0 Å². The summed E-state index contributed by atoms with van der Waals surface area (Å²) in [6.07, 6.45) is 3.32. The lowest BCUT2D eigenvalue weighted by atomic mass is 9.96. The van der Waals surface area contributed by atoms with Crippen LogP contribution in [-0.4, -0.2) is 0 Å². The van der Waals surface area contributed by atoms with Crippen LogP contribution in [0.25, 0.3) is 0 Å². The van der Waals surface area contributed by atoms with E-state index in [4.69, 9.17) is 0 Å². The van der Waals surface area contributed by atoms with Crippen LogP contribution in [0.15, 0.2) is 23.8 Å². The number of allylic oxidation sites excluding steroid dienone is 3. The molecule has 1 atom stereocenters. The van der Waals surface area contributed by atoms with Gasteiger partial charge >= 0.3 is 0 Å². The number of hydrogen-bond donors (Lipinski definition) is 0. The normalized spacial score (nSPS) is 15.0. The Bertz CT molecular complexity index is 140. The Morgan fingerprint density at radius 1 is 1.50 bits per heavy atom. The molecule has 58 valence electrons. The molecule has 0 heterocycles. The van der Waals surface area contributed by atoms with Crippen molar-refractivity contribution in [3.8, 4) is 0 Å². The Labute approximate surface area is 64.6 Å². The van der Waals surface area contributed by atoms with E-state index < -0.39 is 0 Å². The van der Waals surface area contributed by atoms with E-state index in [1.165, 1.54) is 11.1 Å². The van der Waals surface area contributed by atoms with Crippen LogP contribution in [0.5, 0.6) is 0 Å². The molecule has 0 nitrogen and oxygen atoms in total.